The van der Waals surface area contributed by atoms with Gasteiger partial charge in [0.2, 0.25) is 17.8 Å². The molecule has 40 heavy (non-hydrogen) atoms. The summed E-state index contributed by atoms with van der Waals surface area (Å²) in [5.41, 5.74) is 4.39. The van der Waals surface area contributed by atoms with Gasteiger partial charge in [0.15, 0.2) is 0 Å². The van der Waals surface area contributed by atoms with Gasteiger partial charge < -0.3 is 14.5 Å². The van der Waals surface area contributed by atoms with Gasteiger partial charge in [-0.1, -0.05) is 36.4 Å². The van der Waals surface area contributed by atoms with E-state index >= 15 is 0 Å². The van der Waals surface area contributed by atoms with E-state index in [-0.39, 0.29) is 5.97 Å². The molecule has 2 aliphatic rings. The summed E-state index contributed by atoms with van der Waals surface area (Å²) >= 11 is 0. The molecule has 2 aliphatic heterocycles. The lowest BCUT2D eigenvalue weighted by atomic mass is 10.0. The molecule has 0 bridgehead atoms. The number of rotatable bonds is 7. The number of anilines is 3. The Morgan fingerprint density at radius 2 is 1.38 bits per heavy atom. The maximum absolute atomic E-state index is 12.8. The van der Waals surface area contributed by atoms with E-state index in [0.717, 1.165) is 68.2 Å². The number of nitrogens with zero attached hydrogens (tertiary/aromatic N) is 6. The molecular weight excluding hydrogens is 502 g/mol. The number of ether oxygens (including phenoxy) is 1. The Kier molecular flexibility index (Phi) is 7.79. The highest BCUT2D eigenvalue weighted by Crippen LogP contribution is 2.23. The number of fused-ring (bicyclic) bond motifs is 1. The quantitative estimate of drug-likeness (QED) is 0.140. The summed E-state index contributed by atoms with van der Waals surface area (Å²) < 4.78 is 5.64. The van der Waals surface area contributed by atoms with E-state index in [1.54, 1.807) is 24.4 Å². The summed E-state index contributed by atoms with van der Waals surface area (Å²) in [4.78, 5) is 31.5. The molecule has 0 spiro atoms. The highest BCUT2D eigenvalue weighted by molar-refractivity contribution is 6.05. The molecule has 3 aromatic carbocycles. The van der Waals surface area contributed by atoms with E-state index in [4.69, 9.17) is 9.72 Å². The Bertz CT molecular complexity index is 1450. The van der Waals surface area contributed by atoms with Crippen molar-refractivity contribution in [1.29, 1.82) is 0 Å². The molecular formula is C31H33N7O2. The van der Waals surface area contributed by atoms with Crippen LogP contribution in [0, 0.1) is 0 Å². The third-order valence-corrected chi connectivity index (χ3v) is 7.37. The maximum Gasteiger partial charge on any atom is 0.344 e. The topological polar surface area (TPSA) is 95.8 Å². The maximum atomic E-state index is 12.8. The first kappa shape index (κ1) is 25.7. The highest BCUT2D eigenvalue weighted by atomic mass is 16.5. The van der Waals surface area contributed by atoms with E-state index < -0.39 is 0 Å². The minimum atomic E-state index is -0.385. The third kappa shape index (κ3) is 6.03. The van der Waals surface area contributed by atoms with Crippen LogP contribution in [0.1, 0.15) is 54.4 Å². The summed E-state index contributed by atoms with van der Waals surface area (Å²) in [6, 6.07) is 20.6. The molecule has 1 aromatic heterocycles. The third-order valence-electron chi connectivity index (χ3n) is 7.37. The van der Waals surface area contributed by atoms with Crippen LogP contribution in [0.3, 0.4) is 0 Å². The lowest BCUT2D eigenvalue weighted by Crippen LogP contribution is -2.34. The zero-order valence-electron chi connectivity index (χ0n) is 22.5. The Balaban J connectivity index is 1.13. The zero-order chi connectivity index (χ0) is 27.1. The van der Waals surface area contributed by atoms with Gasteiger partial charge in [0.05, 0.1) is 11.8 Å². The van der Waals surface area contributed by atoms with E-state index in [1.807, 2.05) is 48.5 Å². The van der Waals surface area contributed by atoms with Gasteiger partial charge >= 0.3 is 5.97 Å². The van der Waals surface area contributed by atoms with Gasteiger partial charge in [-0.05, 0) is 85.2 Å². The van der Waals surface area contributed by atoms with Crippen LogP contribution >= 0.6 is 0 Å². The smallest absolute Gasteiger partial charge is 0.344 e. The number of carbonyl (C=O) groups is 1. The number of hydrazone groups is 1. The Labute approximate surface area is 233 Å². The van der Waals surface area contributed by atoms with Crippen molar-refractivity contribution in [2.75, 3.05) is 41.4 Å². The normalized spacial score (nSPS) is 15.9. The fourth-order valence-electron chi connectivity index (χ4n) is 5.23. The van der Waals surface area contributed by atoms with Crippen molar-refractivity contribution >= 4 is 40.8 Å². The largest absolute Gasteiger partial charge is 0.423 e. The molecule has 0 atom stereocenters. The Morgan fingerprint density at radius 1 is 0.750 bits per heavy atom. The number of hydrogen-bond donors (Lipinski definition) is 1. The Morgan fingerprint density at radius 3 is 2.05 bits per heavy atom. The van der Waals surface area contributed by atoms with Crippen LogP contribution in [0.15, 0.2) is 71.8 Å². The van der Waals surface area contributed by atoms with E-state index in [0.29, 0.717) is 29.2 Å². The van der Waals surface area contributed by atoms with Gasteiger partial charge in [-0.25, -0.2) is 10.2 Å². The van der Waals surface area contributed by atoms with Gasteiger partial charge in [-0.2, -0.15) is 20.1 Å². The molecule has 0 amide bonds. The average Bonchev–Trinajstić information content (AvgIpc) is 3.02. The van der Waals surface area contributed by atoms with Crippen molar-refractivity contribution in [3.05, 3.63) is 77.9 Å². The molecule has 3 heterocycles. The molecule has 9 heteroatoms. The van der Waals surface area contributed by atoms with Crippen LogP contribution in [0.4, 0.5) is 17.8 Å². The molecule has 0 radical (unpaired) electrons. The standard InChI is InChI=1S/C31H33N7O2/c39-28(27-13-9-11-24-10-3-4-12-26(24)27)40-25-16-14-23(15-17-25)22-32-36-29-33-30(37-18-5-1-6-19-37)35-31(34-29)38-20-7-2-8-21-38/h3-4,9-17,22H,1-2,5-8,18-21H2,(H,33,34,35,36)/b32-22-. The lowest BCUT2D eigenvalue weighted by molar-refractivity contribution is 0.0737. The molecule has 4 aromatic rings. The van der Waals surface area contributed by atoms with Crippen molar-refractivity contribution in [1.82, 2.24) is 15.0 Å². The number of aromatic nitrogens is 3. The second kappa shape index (κ2) is 12.1. The first-order valence-corrected chi connectivity index (χ1v) is 14.1. The van der Waals surface area contributed by atoms with Crippen molar-refractivity contribution in [2.45, 2.75) is 38.5 Å². The molecule has 1 N–H and O–H groups in total. The number of hydrogen-bond acceptors (Lipinski definition) is 9. The van der Waals surface area contributed by atoms with Crippen molar-refractivity contribution in [2.24, 2.45) is 5.10 Å². The minimum absolute atomic E-state index is 0.385. The molecule has 0 unspecified atom stereocenters. The highest BCUT2D eigenvalue weighted by Gasteiger charge is 2.20. The molecule has 204 valence electrons. The second-order valence-corrected chi connectivity index (χ2v) is 10.2. The van der Waals surface area contributed by atoms with Crippen LogP contribution in [-0.4, -0.2) is 53.3 Å². The average molecular weight is 536 g/mol. The monoisotopic (exact) mass is 535 g/mol. The fourth-order valence-corrected chi connectivity index (χ4v) is 5.23. The van der Waals surface area contributed by atoms with Crippen molar-refractivity contribution in [3.8, 4) is 5.75 Å². The van der Waals surface area contributed by atoms with Crippen molar-refractivity contribution in [3.63, 3.8) is 0 Å². The van der Waals surface area contributed by atoms with E-state index in [9.17, 15) is 4.79 Å². The van der Waals surface area contributed by atoms with Gasteiger partial charge in [0.25, 0.3) is 0 Å². The van der Waals surface area contributed by atoms with Crippen LogP contribution in [-0.2, 0) is 0 Å². The molecule has 0 saturated carbocycles. The summed E-state index contributed by atoms with van der Waals surface area (Å²) in [5, 5.41) is 6.25. The van der Waals surface area contributed by atoms with Gasteiger partial charge in [0, 0.05) is 26.2 Å². The molecule has 2 saturated heterocycles. The first-order valence-electron chi connectivity index (χ1n) is 14.1. The SMILES string of the molecule is O=C(Oc1ccc(/C=N\Nc2nc(N3CCCCC3)nc(N3CCCCC3)n2)cc1)c1cccc2ccccc12. The van der Waals surface area contributed by atoms with Crippen LogP contribution in [0.2, 0.25) is 0 Å². The number of nitrogens with one attached hydrogen (secondary N) is 1. The Hall–Kier alpha value is -4.53. The number of esters is 1. The number of piperidine rings is 2. The van der Waals surface area contributed by atoms with Crippen LogP contribution < -0.4 is 20.0 Å². The van der Waals surface area contributed by atoms with Crippen LogP contribution in [0.5, 0.6) is 5.75 Å². The summed E-state index contributed by atoms with van der Waals surface area (Å²) in [7, 11) is 0. The number of carbonyl (C=O) groups excluding carboxylic acids is 1. The predicted octanol–water partition coefficient (Wildman–Crippen LogP) is 5.67. The lowest BCUT2D eigenvalue weighted by Gasteiger charge is -2.30. The van der Waals surface area contributed by atoms with E-state index in [2.05, 4.69) is 30.3 Å². The molecule has 6 rings (SSSR count). The summed E-state index contributed by atoms with van der Waals surface area (Å²) in [5.74, 6) is 1.95. The molecule has 2 fully saturated rings. The molecule has 0 aliphatic carbocycles. The predicted molar refractivity (Wildman–Crippen MR) is 159 cm³/mol. The van der Waals surface area contributed by atoms with Gasteiger partial charge in [0.1, 0.15) is 5.75 Å². The van der Waals surface area contributed by atoms with Gasteiger partial charge in [-0.15, -0.1) is 0 Å². The number of benzene rings is 3. The summed E-state index contributed by atoms with van der Waals surface area (Å²) in [6.45, 7) is 3.85. The molecule has 9 nitrogen and oxygen atoms in total. The minimum Gasteiger partial charge on any atom is -0.423 e. The summed E-state index contributed by atoms with van der Waals surface area (Å²) in [6.07, 6.45) is 8.80. The first-order chi connectivity index (χ1) is 19.7. The fraction of sp³-hybridized carbons (Fsp3) is 0.323. The van der Waals surface area contributed by atoms with Crippen molar-refractivity contribution < 1.29 is 9.53 Å². The zero-order valence-corrected chi connectivity index (χ0v) is 22.5. The van der Waals surface area contributed by atoms with Gasteiger partial charge in [-0.3, -0.25) is 0 Å². The van der Waals surface area contributed by atoms with Crippen LogP contribution in [0.25, 0.3) is 10.8 Å². The second-order valence-electron chi connectivity index (χ2n) is 10.2. The van der Waals surface area contributed by atoms with E-state index in [1.165, 1.54) is 12.8 Å².